The average Bonchev–Trinajstić information content (AvgIpc) is 2.26. The van der Waals surface area contributed by atoms with Crippen LogP contribution in [0.25, 0.3) is 0 Å². The number of hydrogen-bond donors (Lipinski definition) is 0. The molecule has 0 N–H and O–H groups in total. The quantitative estimate of drug-likeness (QED) is 0.547. The zero-order chi connectivity index (χ0) is 12.7. The second-order valence-corrected chi connectivity index (χ2v) is 4.72. The van der Waals surface area contributed by atoms with Crippen molar-refractivity contribution in [3.8, 4) is 0 Å². The van der Waals surface area contributed by atoms with Gasteiger partial charge in [-0.3, -0.25) is 9.59 Å². The van der Waals surface area contributed by atoms with Crippen LogP contribution in [0.2, 0.25) is 0 Å². The van der Waals surface area contributed by atoms with Gasteiger partial charge in [0, 0.05) is 34.0 Å². The molecular formula is C12H18O5. The summed E-state index contributed by atoms with van der Waals surface area (Å²) in [7, 11) is 3.04. The summed E-state index contributed by atoms with van der Waals surface area (Å²) >= 11 is 0. The van der Waals surface area contributed by atoms with Crippen LogP contribution in [-0.4, -0.2) is 37.4 Å². The normalized spacial score (nSPS) is 34.8. The number of esters is 1. The standard InChI is InChI=1S/C12H18O5/c1-8(13)17-11-6-4-5-10(14)9(11)7-12(11,15-2)16-3/h9H,4-7H2,1-3H3. The van der Waals surface area contributed by atoms with Crippen molar-refractivity contribution in [2.75, 3.05) is 14.2 Å². The van der Waals surface area contributed by atoms with Crippen LogP contribution in [0.5, 0.6) is 0 Å². The van der Waals surface area contributed by atoms with Gasteiger partial charge in [-0.1, -0.05) is 0 Å². The minimum atomic E-state index is -0.959. The third-order valence-corrected chi connectivity index (χ3v) is 4.03. The lowest BCUT2D eigenvalue weighted by molar-refractivity contribution is -0.378. The number of carbonyl (C=O) groups excluding carboxylic acids is 2. The van der Waals surface area contributed by atoms with Gasteiger partial charge in [0.25, 0.3) is 0 Å². The van der Waals surface area contributed by atoms with Crippen molar-refractivity contribution < 1.29 is 23.8 Å². The van der Waals surface area contributed by atoms with Gasteiger partial charge in [0.05, 0.1) is 5.92 Å². The zero-order valence-corrected chi connectivity index (χ0v) is 10.4. The number of Topliss-reactive ketones (excluding diaryl/α,β-unsaturated/α-hetero) is 1. The summed E-state index contributed by atoms with van der Waals surface area (Å²) in [6.45, 7) is 1.35. The predicted octanol–water partition coefficient (Wildman–Crippen LogP) is 1.05. The lowest BCUT2D eigenvalue weighted by atomic mass is 9.56. The van der Waals surface area contributed by atoms with Crippen LogP contribution in [0.15, 0.2) is 0 Å². The summed E-state index contributed by atoms with van der Waals surface area (Å²) in [6, 6.07) is 0. The van der Waals surface area contributed by atoms with Crippen molar-refractivity contribution >= 4 is 11.8 Å². The minimum absolute atomic E-state index is 0.141. The molecule has 2 unspecified atom stereocenters. The third kappa shape index (κ3) is 1.52. The first-order chi connectivity index (χ1) is 8.01. The molecular weight excluding hydrogens is 224 g/mol. The molecule has 96 valence electrons. The molecule has 0 aromatic rings. The number of fused-ring (bicyclic) bond motifs is 1. The number of hydrogen-bond acceptors (Lipinski definition) is 5. The van der Waals surface area contributed by atoms with Crippen LogP contribution < -0.4 is 0 Å². The Bertz CT molecular complexity index is 347. The van der Waals surface area contributed by atoms with Gasteiger partial charge in [-0.15, -0.1) is 0 Å². The maximum Gasteiger partial charge on any atom is 0.303 e. The highest BCUT2D eigenvalue weighted by Gasteiger charge is 2.72. The molecule has 0 amide bonds. The van der Waals surface area contributed by atoms with Gasteiger partial charge in [0.15, 0.2) is 5.60 Å². The fraction of sp³-hybridized carbons (Fsp3) is 0.833. The van der Waals surface area contributed by atoms with E-state index in [1.165, 1.54) is 21.1 Å². The Morgan fingerprint density at radius 3 is 2.53 bits per heavy atom. The summed E-state index contributed by atoms with van der Waals surface area (Å²) in [5.41, 5.74) is -0.919. The molecule has 0 heterocycles. The van der Waals surface area contributed by atoms with Crippen molar-refractivity contribution in [1.82, 2.24) is 0 Å². The molecule has 2 saturated carbocycles. The molecule has 2 atom stereocenters. The molecule has 2 fully saturated rings. The van der Waals surface area contributed by atoms with Crippen molar-refractivity contribution in [1.29, 1.82) is 0 Å². The second kappa shape index (κ2) is 4.07. The van der Waals surface area contributed by atoms with Crippen LogP contribution in [-0.2, 0) is 23.8 Å². The molecule has 2 aliphatic rings. The number of carbonyl (C=O) groups is 2. The average molecular weight is 242 g/mol. The number of methoxy groups -OCH3 is 2. The third-order valence-electron chi connectivity index (χ3n) is 4.03. The highest BCUT2D eigenvalue weighted by molar-refractivity contribution is 5.85. The Labute approximate surface area is 100 Å². The van der Waals surface area contributed by atoms with Gasteiger partial charge in [0.2, 0.25) is 5.79 Å². The lowest BCUT2D eigenvalue weighted by Gasteiger charge is -2.61. The first-order valence-electron chi connectivity index (χ1n) is 5.84. The van der Waals surface area contributed by atoms with E-state index in [0.717, 1.165) is 0 Å². The van der Waals surface area contributed by atoms with E-state index in [1.54, 1.807) is 0 Å². The van der Waals surface area contributed by atoms with Crippen molar-refractivity contribution in [2.45, 2.75) is 44.0 Å². The monoisotopic (exact) mass is 242 g/mol. The van der Waals surface area contributed by atoms with Gasteiger partial charge in [-0.2, -0.15) is 0 Å². The molecule has 0 spiro atoms. The van der Waals surface area contributed by atoms with E-state index < -0.39 is 17.4 Å². The Balaban J connectivity index is 2.34. The van der Waals surface area contributed by atoms with Crippen LogP contribution in [0.3, 0.4) is 0 Å². The first kappa shape index (κ1) is 12.5. The molecule has 0 aromatic heterocycles. The molecule has 0 bridgehead atoms. The van der Waals surface area contributed by atoms with Crippen molar-refractivity contribution in [2.24, 2.45) is 5.92 Å². The zero-order valence-electron chi connectivity index (χ0n) is 10.4. The van der Waals surface area contributed by atoms with Gasteiger partial charge < -0.3 is 14.2 Å². The Kier molecular flexibility index (Phi) is 2.99. The largest absolute Gasteiger partial charge is 0.453 e. The van der Waals surface area contributed by atoms with E-state index in [-0.39, 0.29) is 11.7 Å². The topological polar surface area (TPSA) is 61.8 Å². The summed E-state index contributed by atoms with van der Waals surface area (Å²) in [6.07, 6.45) is 2.34. The van der Waals surface area contributed by atoms with E-state index in [2.05, 4.69) is 0 Å². The van der Waals surface area contributed by atoms with Gasteiger partial charge >= 0.3 is 5.97 Å². The first-order valence-corrected chi connectivity index (χ1v) is 5.84. The smallest absolute Gasteiger partial charge is 0.303 e. The molecule has 2 rings (SSSR count). The molecule has 5 nitrogen and oxygen atoms in total. The van der Waals surface area contributed by atoms with Gasteiger partial charge in [0.1, 0.15) is 5.78 Å². The molecule has 2 aliphatic carbocycles. The molecule has 0 aromatic carbocycles. The number of rotatable bonds is 3. The highest BCUT2D eigenvalue weighted by atomic mass is 16.7. The van der Waals surface area contributed by atoms with Crippen LogP contribution >= 0.6 is 0 Å². The van der Waals surface area contributed by atoms with Crippen molar-refractivity contribution in [3.63, 3.8) is 0 Å². The Morgan fingerprint density at radius 1 is 1.35 bits per heavy atom. The molecule has 0 saturated heterocycles. The van der Waals surface area contributed by atoms with Gasteiger partial charge in [-0.05, 0) is 12.8 Å². The fourth-order valence-corrected chi connectivity index (χ4v) is 3.23. The molecule has 17 heavy (non-hydrogen) atoms. The fourth-order valence-electron chi connectivity index (χ4n) is 3.23. The van der Waals surface area contributed by atoms with E-state index in [4.69, 9.17) is 14.2 Å². The van der Waals surface area contributed by atoms with Crippen LogP contribution in [0.4, 0.5) is 0 Å². The minimum Gasteiger partial charge on any atom is -0.453 e. The highest BCUT2D eigenvalue weighted by Crippen LogP contribution is 2.58. The van der Waals surface area contributed by atoms with Crippen LogP contribution in [0.1, 0.15) is 32.6 Å². The maximum absolute atomic E-state index is 11.9. The maximum atomic E-state index is 11.9. The summed E-state index contributed by atoms with van der Waals surface area (Å²) < 4.78 is 16.2. The van der Waals surface area contributed by atoms with E-state index in [1.807, 2.05) is 0 Å². The van der Waals surface area contributed by atoms with E-state index in [0.29, 0.717) is 25.7 Å². The van der Waals surface area contributed by atoms with E-state index >= 15 is 0 Å². The number of ketones is 1. The summed E-state index contributed by atoms with van der Waals surface area (Å²) in [5, 5.41) is 0. The molecule has 0 aliphatic heterocycles. The van der Waals surface area contributed by atoms with E-state index in [9.17, 15) is 9.59 Å². The molecule has 0 radical (unpaired) electrons. The Hall–Kier alpha value is -0.940. The van der Waals surface area contributed by atoms with Crippen LogP contribution in [0, 0.1) is 5.92 Å². The SMILES string of the molecule is COC1(OC)CC2C(=O)CCCC21OC(C)=O. The Morgan fingerprint density at radius 2 is 2.00 bits per heavy atom. The second-order valence-electron chi connectivity index (χ2n) is 4.72. The van der Waals surface area contributed by atoms with Gasteiger partial charge in [-0.25, -0.2) is 0 Å². The summed E-state index contributed by atoms with van der Waals surface area (Å²) in [4.78, 5) is 23.1. The summed E-state index contributed by atoms with van der Waals surface area (Å²) in [5.74, 6) is -1.50. The predicted molar refractivity (Wildman–Crippen MR) is 58.2 cm³/mol. The van der Waals surface area contributed by atoms with Crippen molar-refractivity contribution in [3.05, 3.63) is 0 Å². The molecule has 5 heteroatoms. The number of ether oxygens (including phenoxy) is 3. The lowest BCUT2D eigenvalue weighted by Crippen LogP contribution is -2.75.